The van der Waals surface area contributed by atoms with Gasteiger partial charge in [-0.1, -0.05) is 5.21 Å². The van der Waals surface area contributed by atoms with Crippen molar-refractivity contribution in [2.45, 2.75) is 50.6 Å². The molecule has 2 fully saturated rings. The molecule has 4 rings (SSSR count). The van der Waals surface area contributed by atoms with E-state index in [1.807, 2.05) is 10.8 Å². The minimum absolute atomic E-state index is 0.178. The number of nitriles is 1. The van der Waals surface area contributed by atoms with Crippen LogP contribution in [0.5, 0.6) is 0 Å². The summed E-state index contributed by atoms with van der Waals surface area (Å²) in [7, 11) is 0. The Hall–Kier alpha value is -3.02. The Balaban J connectivity index is 1.36. The maximum absolute atomic E-state index is 12.6. The molecule has 1 saturated heterocycles. The summed E-state index contributed by atoms with van der Waals surface area (Å²) in [4.78, 5) is 23.1. The molecule has 0 spiro atoms. The van der Waals surface area contributed by atoms with Crippen molar-refractivity contribution in [3.63, 3.8) is 0 Å². The second kappa shape index (κ2) is 6.95. The molecule has 2 aromatic heterocycles. The Kier molecular flexibility index (Phi) is 4.48. The summed E-state index contributed by atoms with van der Waals surface area (Å²) in [6.45, 7) is 3.51. The van der Waals surface area contributed by atoms with Gasteiger partial charge >= 0.3 is 0 Å². The molecule has 0 aromatic carbocycles. The lowest BCUT2D eigenvalue weighted by Gasteiger charge is -2.40. The van der Waals surface area contributed by atoms with Gasteiger partial charge in [0.2, 0.25) is 0 Å². The molecule has 0 bridgehead atoms. The Morgan fingerprint density at radius 3 is 2.78 bits per heavy atom. The lowest BCUT2D eigenvalue weighted by molar-refractivity contribution is 0.0886. The second-order valence-electron chi connectivity index (χ2n) is 7.54. The molecule has 0 radical (unpaired) electrons. The molecule has 1 aliphatic carbocycles. The van der Waals surface area contributed by atoms with Gasteiger partial charge in [0.1, 0.15) is 11.9 Å². The fourth-order valence-electron chi connectivity index (χ4n) is 3.46. The summed E-state index contributed by atoms with van der Waals surface area (Å²) in [5.41, 5.74) is 0.371. The van der Waals surface area contributed by atoms with Gasteiger partial charge in [-0.15, -0.1) is 5.10 Å². The Morgan fingerprint density at radius 2 is 2.11 bits per heavy atom. The first-order valence-corrected chi connectivity index (χ1v) is 9.28. The lowest BCUT2D eigenvalue weighted by Crippen LogP contribution is -2.53. The van der Waals surface area contributed by atoms with E-state index in [4.69, 9.17) is 5.26 Å². The zero-order valence-corrected chi connectivity index (χ0v) is 15.3. The maximum atomic E-state index is 12.6. The van der Waals surface area contributed by atoms with Gasteiger partial charge in [-0.05, 0) is 39.0 Å². The summed E-state index contributed by atoms with van der Waals surface area (Å²) in [5.74, 6) is 0.522. The van der Waals surface area contributed by atoms with E-state index in [2.05, 4.69) is 37.4 Å². The molecule has 27 heavy (non-hydrogen) atoms. The number of carbonyl (C=O) groups is 1. The lowest BCUT2D eigenvalue weighted by atomic mass is 9.89. The van der Waals surface area contributed by atoms with Gasteiger partial charge in [0, 0.05) is 18.6 Å². The van der Waals surface area contributed by atoms with Crippen LogP contribution in [-0.4, -0.2) is 49.5 Å². The molecular formula is C18H22N8O. The molecule has 2 aliphatic rings. The van der Waals surface area contributed by atoms with Crippen LogP contribution >= 0.6 is 0 Å². The quantitative estimate of drug-likeness (QED) is 0.871. The molecule has 1 N–H and O–H groups in total. The number of nitrogens with zero attached hydrogens (tertiary/aromatic N) is 7. The summed E-state index contributed by atoms with van der Waals surface area (Å²) in [6.07, 6.45) is 9.84. The predicted molar refractivity (Wildman–Crippen MR) is 97.0 cm³/mol. The monoisotopic (exact) mass is 366 g/mol. The summed E-state index contributed by atoms with van der Waals surface area (Å²) >= 11 is 0. The Labute approximate surface area is 157 Å². The molecule has 1 saturated carbocycles. The van der Waals surface area contributed by atoms with E-state index in [0.29, 0.717) is 23.2 Å². The topological polar surface area (TPSA) is 113 Å². The number of piperidine rings is 1. The number of nitrogens with one attached hydrogen (secondary N) is 1. The van der Waals surface area contributed by atoms with Crippen molar-refractivity contribution in [2.24, 2.45) is 0 Å². The molecule has 1 amide bonds. The zero-order valence-electron chi connectivity index (χ0n) is 15.3. The van der Waals surface area contributed by atoms with Crippen LogP contribution in [0.2, 0.25) is 0 Å². The third-order valence-electron chi connectivity index (χ3n) is 5.53. The van der Waals surface area contributed by atoms with Crippen LogP contribution in [0.1, 0.15) is 61.3 Å². The first-order chi connectivity index (χ1) is 13.1. The summed E-state index contributed by atoms with van der Waals surface area (Å²) in [5, 5.41) is 20.2. The van der Waals surface area contributed by atoms with Crippen LogP contribution in [-0.2, 0) is 0 Å². The van der Waals surface area contributed by atoms with E-state index in [9.17, 15) is 4.79 Å². The van der Waals surface area contributed by atoms with Gasteiger partial charge in [-0.3, -0.25) is 9.78 Å². The SMILES string of the molecule is CC1(NC(=O)c2cn(C3CCC3)nn2)CCN(c2cncc(C#N)n2)CC1. The van der Waals surface area contributed by atoms with Crippen molar-refractivity contribution >= 4 is 11.7 Å². The highest BCUT2D eigenvalue weighted by Gasteiger charge is 2.33. The van der Waals surface area contributed by atoms with Crippen LogP contribution < -0.4 is 10.2 Å². The zero-order chi connectivity index (χ0) is 18.9. The van der Waals surface area contributed by atoms with E-state index >= 15 is 0 Å². The molecule has 1 aliphatic heterocycles. The predicted octanol–water partition coefficient (Wildman–Crippen LogP) is 1.45. The van der Waals surface area contributed by atoms with Gasteiger partial charge in [0.15, 0.2) is 11.4 Å². The van der Waals surface area contributed by atoms with E-state index < -0.39 is 0 Å². The third-order valence-corrected chi connectivity index (χ3v) is 5.53. The molecule has 140 valence electrons. The van der Waals surface area contributed by atoms with Crippen molar-refractivity contribution in [1.82, 2.24) is 30.3 Å². The van der Waals surface area contributed by atoms with Gasteiger partial charge in [-0.2, -0.15) is 5.26 Å². The number of anilines is 1. The average molecular weight is 366 g/mol. The normalized spacial score (nSPS) is 19.2. The van der Waals surface area contributed by atoms with Crippen molar-refractivity contribution in [2.75, 3.05) is 18.0 Å². The Bertz CT molecular complexity index is 873. The standard InChI is InChI=1S/C18H22N8O/c1-18(22-17(27)15-12-26(24-23-15)14-3-2-4-14)5-7-25(8-6-18)16-11-20-10-13(9-19)21-16/h10-12,14H,2-8H2,1H3,(H,22,27). The number of aromatic nitrogens is 5. The van der Waals surface area contributed by atoms with Crippen molar-refractivity contribution in [1.29, 1.82) is 5.26 Å². The van der Waals surface area contributed by atoms with Crippen LogP contribution in [0.15, 0.2) is 18.6 Å². The van der Waals surface area contributed by atoms with Crippen LogP contribution in [0.4, 0.5) is 5.82 Å². The Morgan fingerprint density at radius 1 is 1.33 bits per heavy atom. The first-order valence-electron chi connectivity index (χ1n) is 9.28. The molecular weight excluding hydrogens is 344 g/mol. The van der Waals surface area contributed by atoms with Crippen molar-refractivity contribution in [3.8, 4) is 6.07 Å². The minimum Gasteiger partial charge on any atom is -0.355 e. The van der Waals surface area contributed by atoms with E-state index in [-0.39, 0.29) is 11.4 Å². The van der Waals surface area contributed by atoms with E-state index in [1.54, 1.807) is 12.4 Å². The third kappa shape index (κ3) is 3.60. The van der Waals surface area contributed by atoms with Gasteiger partial charge in [0.25, 0.3) is 5.91 Å². The van der Waals surface area contributed by atoms with Gasteiger partial charge in [-0.25, -0.2) is 9.67 Å². The molecule has 2 aromatic rings. The van der Waals surface area contributed by atoms with E-state index in [0.717, 1.165) is 38.8 Å². The summed E-state index contributed by atoms with van der Waals surface area (Å²) in [6, 6.07) is 2.40. The second-order valence-corrected chi connectivity index (χ2v) is 7.54. The van der Waals surface area contributed by atoms with Gasteiger partial charge in [0.05, 0.1) is 24.6 Å². The smallest absolute Gasteiger partial charge is 0.273 e. The number of hydrogen-bond acceptors (Lipinski definition) is 7. The largest absolute Gasteiger partial charge is 0.355 e. The van der Waals surface area contributed by atoms with Gasteiger partial charge < -0.3 is 10.2 Å². The number of hydrogen-bond donors (Lipinski definition) is 1. The highest BCUT2D eigenvalue weighted by Crippen LogP contribution is 2.30. The number of amides is 1. The van der Waals surface area contributed by atoms with Crippen LogP contribution in [0, 0.1) is 11.3 Å². The maximum Gasteiger partial charge on any atom is 0.273 e. The van der Waals surface area contributed by atoms with Crippen LogP contribution in [0.3, 0.4) is 0 Å². The number of carbonyl (C=O) groups excluding carboxylic acids is 1. The molecule has 3 heterocycles. The first kappa shape index (κ1) is 17.4. The molecule has 9 heteroatoms. The highest BCUT2D eigenvalue weighted by atomic mass is 16.2. The fourth-order valence-corrected chi connectivity index (χ4v) is 3.46. The minimum atomic E-state index is -0.311. The molecule has 9 nitrogen and oxygen atoms in total. The average Bonchev–Trinajstić information content (AvgIpc) is 3.10. The van der Waals surface area contributed by atoms with E-state index in [1.165, 1.54) is 12.6 Å². The fraction of sp³-hybridized carbons (Fsp3) is 0.556. The van der Waals surface area contributed by atoms with Crippen LogP contribution in [0.25, 0.3) is 0 Å². The van der Waals surface area contributed by atoms with Crippen molar-refractivity contribution in [3.05, 3.63) is 30.0 Å². The number of rotatable bonds is 4. The van der Waals surface area contributed by atoms with Crippen molar-refractivity contribution < 1.29 is 4.79 Å². The summed E-state index contributed by atoms with van der Waals surface area (Å²) < 4.78 is 1.81. The molecule has 0 atom stereocenters. The highest BCUT2D eigenvalue weighted by molar-refractivity contribution is 5.92. The molecule has 0 unspecified atom stereocenters.